The van der Waals surface area contributed by atoms with Crippen molar-refractivity contribution in [1.29, 1.82) is 0 Å². The van der Waals surface area contributed by atoms with Gasteiger partial charge in [0.15, 0.2) is 0 Å². The molecule has 0 fully saturated rings. The van der Waals surface area contributed by atoms with E-state index in [2.05, 4.69) is 12.2 Å². The number of sulfonamides is 1. The van der Waals surface area contributed by atoms with Crippen molar-refractivity contribution in [3.05, 3.63) is 100 Å². The molecule has 0 heterocycles. The standard InChI is InChI=1S/C33H42ClN3O4S/c1-5-6-20-35-33(39)31(23-27-14-8-7-9-15-27)36(24-28-16-11-17-29(34)22-28)32(38)19-12-21-37(42(4,40)41)30-18-10-13-25(2)26(30)3/h7-11,13-18,22,31H,5-6,12,19-21,23-24H2,1-4H3,(H,35,39)/t31-/m0/s1. The summed E-state index contributed by atoms with van der Waals surface area (Å²) in [6, 6.07) is 21.7. The molecule has 0 unspecified atom stereocenters. The lowest BCUT2D eigenvalue weighted by molar-refractivity contribution is -0.141. The van der Waals surface area contributed by atoms with Gasteiger partial charge in [0, 0.05) is 37.5 Å². The largest absolute Gasteiger partial charge is 0.354 e. The number of hydrogen-bond acceptors (Lipinski definition) is 4. The van der Waals surface area contributed by atoms with Crippen LogP contribution in [0, 0.1) is 13.8 Å². The van der Waals surface area contributed by atoms with Gasteiger partial charge in [-0.3, -0.25) is 13.9 Å². The van der Waals surface area contributed by atoms with Crippen molar-refractivity contribution in [3.8, 4) is 0 Å². The molecule has 0 saturated carbocycles. The molecule has 226 valence electrons. The molecule has 0 bridgehead atoms. The van der Waals surface area contributed by atoms with Crippen molar-refractivity contribution >= 4 is 39.1 Å². The van der Waals surface area contributed by atoms with Crippen LogP contribution in [0.25, 0.3) is 0 Å². The van der Waals surface area contributed by atoms with Gasteiger partial charge < -0.3 is 10.2 Å². The van der Waals surface area contributed by atoms with E-state index in [-0.39, 0.29) is 31.3 Å². The van der Waals surface area contributed by atoms with Gasteiger partial charge in [-0.1, -0.05) is 79.5 Å². The van der Waals surface area contributed by atoms with Gasteiger partial charge in [0.05, 0.1) is 11.9 Å². The highest BCUT2D eigenvalue weighted by Gasteiger charge is 2.30. The van der Waals surface area contributed by atoms with E-state index < -0.39 is 16.1 Å². The highest BCUT2D eigenvalue weighted by molar-refractivity contribution is 7.92. The highest BCUT2D eigenvalue weighted by Crippen LogP contribution is 2.26. The van der Waals surface area contributed by atoms with Gasteiger partial charge in [-0.25, -0.2) is 8.42 Å². The minimum Gasteiger partial charge on any atom is -0.354 e. The van der Waals surface area contributed by atoms with E-state index in [1.54, 1.807) is 23.1 Å². The Labute approximate surface area is 255 Å². The number of nitrogens with one attached hydrogen (secondary N) is 1. The highest BCUT2D eigenvalue weighted by atomic mass is 35.5. The minimum atomic E-state index is -3.58. The number of anilines is 1. The van der Waals surface area contributed by atoms with E-state index >= 15 is 0 Å². The maximum absolute atomic E-state index is 13.9. The van der Waals surface area contributed by atoms with Crippen LogP contribution in [-0.2, 0) is 32.6 Å². The zero-order valence-corrected chi connectivity index (χ0v) is 26.5. The number of hydrogen-bond donors (Lipinski definition) is 1. The first-order valence-corrected chi connectivity index (χ1v) is 16.6. The van der Waals surface area contributed by atoms with Crippen LogP contribution < -0.4 is 9.62 Å². The third-order valence-corrected chi connectivity index (χ3v) is 8.75. The topological polar surface area (TPSA) is 86.8 Å². The van der Waals surface area contributed by atoms with Crippen LogP contribution in [0.4, 0.5) is 5.69 Å². The first-order chi connectivity index (χ1) is 20.0. The lowest BCUT2D eigenvalue weighted by Gasteiger charge is -2.32. The summed E-state index contributed by atoms with van der Waals surface area (Å²) in [5.41, 5.74) is 4.22. The normalized spacial score (nSPS) is 12.0. The van der Waals surface area contributed by atoms with Crippen LogP contribution >= 0.6 is 11.6 Å². The zero-order valence-electron chi connectivity index (χ0n) is 25.0. The average Bonchev–Trinajstić information content (AvgIpc) is 2.94. The Morgan fingerprint density at radius 3 is 2.29 bits per heavy atom. The van der Waals surface area contributed by atoms with Crippen LogP contribution in [0.2, 0.25) is 5.02 Å². The predicted octanol–water partition coefficient (Wildman–Crippen LogP) is 6.06. The summed E-state index contributed by atoms with van der Waals surface area (Å²) < 4.78 is 26.9. The molecule has 7 nitrogen and oxygen atoms in total. The Bertz CT molecular complexity index is 1450. The number of nitrogens with zero attached hydrogens (tertiary/aromatic N) is 2. The molecule has 3 aromatic rings. The molecule has 0 aliphatic heterocycles. The zero-order chi connectivity index (χ0) is 30.7. The monoisotopic (exact) mass is 611 g/mol. The molecule has 9 heteroatoms. The Hall–Kier alpha value is -3.36. The van der Waals surface area contributed by atoms with Gasteiger partial charge in [-0.15, -0.1) is 0 Å². The van der Waals surface area contributed by atoms with Crippen LogP contribution in [0.1, 0.15) is 54.9 Å². The molecule has 0 spiro atoms. The average molecular weight is 612 g/mol. The number of amides is 2. The quantitative estimate of drug-likeness (QED) is 0.212. The van der Waals surface area contributed by atoms with Gasteiger partial charge in [0.25, 0.3) is 0 Å². The fourth-order valence-corrected chi connectivity index (χ4v) is 6.11. The van der Waals surface area contributed by atoms with Crippen molar-refractivity contribution in [2.75, 3.05) is 23.7 Å². The molecule has 0 aromatic heterocycles. The van der Waals surface area contributed by atoms with Crippen LogP contribution in [0.3, 0.4) is 0 Å². The summed E-state index contributed by atoms with van der Waals surface area (Å²) in [6.45, 7) is 6.76. The Kier molecular flexibility index (Phi) is 12.4. The van der Waals surface area contributed by atoms with Gasteiger partial charge in [0.2, 0.25) is 21.8 Å². The van der Waals surface area contributed by atoms with E-state index in [1.165, 1.54) is 10.6 Å². The molecular weight excluding hydrogens is 570 g/mol. The molecule has 0 aliphatic rings. The van der Waals surface area contributed by atoms with E-state index in [0.29, 0.717) is 30.1 Å². The Morgan fingerprint density at radius 1 is 0.929 bits per heavy atom. The van der Waals surface area contributed by atoms with Gasteiger partial charge in [0.1, 0.15) is 6.04 Å². The second-order valence-corrected chi connectivity index (χ2v) is 13.0. The number of carbonyl (C=O) groups excluding carboxylic acids is 2. The third-order valence-electron chi connectivity index (χ3n) is 7.34. The SMILES string of the molecule is CCCCNC(=O)[C@H](Cc1ccccc1)N(Cc1cccc(Cl)c1)C(=O)CCCN(c1cccc(C)c1C)S(C)(=O)=O. The molecule has 1 N–H and O–H groups in total. The van der Waals surface area contributed by atoms with Gasteiger partial charge in [-0.2, -0.15) is 0 Å². The van der Waals surface area contributed by atoms with E-state index in [1.807, 2.05) is 68.4 Å². The van der Waals surface area contributed by atoms with Crippen molar-refractivity contribution in [2.24, 2.45) is 0 Å². The first-order valence-electron chi connectivity index (χ1n) is 14.4. The smallest absolute Gasteiger partial charge is 0.243 e. The molecule has 1 atom stereocenters. The van der Waals surface area contributed by atoms with Crippen molar-refractivity contribution < 1.29 is 18.0 Å². The summed E-state index contributed by atoms with van der Waals surface area (Å²) in [7, 11) is -3.58. The summed E-state index contributed by atoms with van der Waals surface area (Å²) in [5, 5.41) is 3.56. The van der Waals surface area contributed by atoms with Gasteiger partial charge in [-0.05, 0) is 67.1 Å². The Balaban J connectivity index is 1.89. The van der Waals surface area contributed by atoms with Crippen molar-refractivity contribution in [1.82, 2.24) is 10.2 Å². The van der Waals surface area contributed by atoms with Crippen molar-refractivity contribution in [2.45, 2.75) is 65.5 Å². The molecule has 0 radical (unpaired) electrons. The molecule has 0 aliphatic carbocycles. The number of unbranched alkanes of at least 4 members (excludes halogenated alkanes) is 1. The summed E-state index contributed by atoms with van der Waals surface area (Å²) in [5.74, 6) is -0.438. The maximum Gasteiger partial charge on any atom is 0.243 e. The summed E-state index contributed by atoms with van der Waals surface area (Å²) in [4.78, 5) is 29.1. The van der Waals surface area contributed by atoms with Gasteiger partial charge >= 0.3 is 0 Å². The molecular formula is C33H42ClN3O4S. The van der Waals surface area contributed by atoms with E-state index in [4.69, 9.17) is 11.6 Å². The van der Waals surface area contributed by atoms with Crippen LogP contribution in [0.15, 0.2) is 72.8 Å². The lowest BCUT2D eigenvalue weighted by atomic mass is 10.0. The first kappa shape index (κ1) is 33.1. The summed E-state index contributed by atoms with van der Waals surface area (Å²) >= 11 is 6.26. The fraction of sp³-hybridized carbons (Fsp3) is 0.394. The Morgan fingerprint density at radius 2 is 1.62 bits per heavy atom. The lowest BCUT2D eigenvalue weighted by Crippen LogP contribution is -2.50. The second-order valence-electron chi connectivity index (χ2n) is 10.7. The fourth-order valence-electron chi connectivity index (χ4n) is 4.88. The molecule has 3 rings (SSSR count). The van der Waals surface area contributed by atoms with E-state index in [0.717, 1.165) is 35.1 Å². The predicted molar refractivity (Wildman–Crippen MR) is 171 cm³/mol. The number of carbonyl (C=O) groups is 2. The second kappa shape index (κ2) is 15.8. The number of halogens is 1. The molecule has 0 saturated heterocycles. The minimum absolute atomic E-state index is 0.0744. The molecule has 42 heavy (non-hydrogen) atoms. The number of rotatable bonds is 15. The van der Waals surface area contributed by atoms with Crippen LogP contribution in [0.5, 0.6) is 0 Å². The summed E-state index contributed by atoms with van der Waals surface area (Å²) in [6.07, 6.45) is 3.67. The van der Waals surface area contributed by atoms with Crippen molar-refractivity contribution in [3.63, 3.8) is 0 Å². The third kappa shape index (κ3) is 9.60. The number of benzene rings is 3. The maximum atomic E-state index is 13.9. The van der Waals surface area contributed by atoms with E-state index in [9.17, 15) is 18.0 Å². The number of aryl methyl sites for hydroxylation is 1. The molecule has 2 amide bonds. The molecule has 3 aromatic carbocycles. The van der Waals surface area contributed by atoms with Crippen LogP contribution in [-0.4, -0.2) is 50.5 Å².